The molecule has 0 radical (unpaired) electrons. The number of nitrogen functional groups attached to an aromatic ring is 1. The summed E-state index contributed by atoms with van der Waals surface area (Å²) >= 11 is 0. The van der Waals surface area contributed by atoms with E-state index >= 15 is 0 Å². The van der Waals surface area contributed by atoms with E-state index in [0.717, 1.165) is 6.42 Å². The van der Waals surface area contributed by atoms with Crippen molar-refractivity contribution in [3.63, 3.8) is 0 Å². The van der Waals surface area contributed by atoms with Crippen LogP contribution in [0.25, 0.3) is 0 Å². The van der Waals surface area contributed by atoms with Gasteiger partial charge in [-0.1, -0.05) is 45.0 Å². The first kappa shape index (κ1) is 25.4. The molecule has 3 atom stereocenters. The zero-order valence-electron chi connectivity index (χ0n) is 21.7. The van der Waals surface area contributed by atoms with Gasteiger partial charge in [0.25, 0.3) is 23.6 Å². The highest BCUT2D eigenvalue weighted by atomic mass is 16.5. The number of nitrogens with two attached hydrogens (primary N) is 1. The van der Waals surface area contributed by atoms with E-state index in [-0.39, 0.29) is 17.4 Å². The molecule has 2 aliphatic heterocycles. The summed E-state index contributed by atoms with van der Waals surface area (Å²) in [4.78, 5) is 51.5. The molecule has 8 nitrogen and oxygen atoms in total. The Kier molecular flexibility index (Phi) is 6.21. The number of hydrogen-bond donors (Lipinski definition) is 3. The first-order valence-electron chi connectivity index (χ1n) is 12.8. The second-order valence-electron chi connectivity index (χ2n) is 10.9. The normalized spacial score (nSPS) is 27.2. The number of imide groups is 2. The second kappa shape index (κ2) is 9.28. The average Bonchev–Trinajstić information content (AvgIpc) is 3.39. The van der Waals surface area contributed by atoms with E-state index in [0.29, 0.717) is 41.2 Å². The molecule has 3 aliphatic rings. The van der Waals surface area contributed by atoms with Crippen molar-refractivity contribution in [3.05, 3.63) is 77.4 Å². The monoisotopic (exact) mass is 513 g/mol. The Morgan fingerprint density at radius 1 is 0.921 bits per heavy atom. The summed E-state index contributed by atoms with van der Waals surface area (Å²) in [5, 5.41) is 4.79. The lowest BCUT2D eigenvalue weighted by molar-refractivity contribution is -0.127. The molecule has 2 heterocycles. The molecule has 4 N–H and O–H groups in total. The molecule has 2 aromatic rings. The largest absolute Gasteiger partial charge is 0.457 e. The SMILES string of the molecule is CC(C)C1CCC(C)(C2=CC(=O)NC2=O)C(C2=CC(=O)NC2=O)(c2ccccc2Oc2cccc(N)c2)C1. The lowest BCUT2D eigenvalue weighted by atomic mass is 9.46. The van der Waals surface area contributed by atoms with E-state index in [1.165, 1.54) is 12.2 Å². The van der Waals surface area contributed by atoms with Crippen LogP contribution in [0.2, 0.25) is 0 Å². The second-order valence-corrected chi connectivity index (χ2v) is 10.9. The molecule has 2 aromatic carbocycles. The van der Waals surface area contributed by atoms with E-state index in [1.807, 2.05) is 31.2 Å². The van der Waals surface area contributed by atoms with Crippen molar-refractivity contribution in [3.8, 4) is 11.5 Å². The van der Waals surface area contributed by atoms with Crippen LogP contribution >= 0.6 is 0 Å². The zero-order chi connectivity index (χ0) is 27.2. The van der Waals surface area contributed by atoms with E-state index < -0.39 is 34.5 Å². The van der Waals surface area contributed by atoms with Crippen molar-refractivity contribution in [2.75, 3.05) is 5.73 Å². The summed E-state index contributed by atoms with van der Waals surface area (Å²) in [6.45, 7) is 6.18. The maximum Gasteiger partial charge on any atom is 0.255 e. The zero-order valence-corrected chi connectivity index (χ0v) is 21.7. The van der Waals surface area contributed by atoms with Gasteiger partial charge in [-0.25, -0.2) is 0 Å². The standard InChI is InChI=1S/C30H31N3O5/c1-17(2)18-11-12-29(3,22-14-25(34)32-27(22)36)30(16-18,23-15-26(35)33-28(23)37)21-9-4-5-10-24(21)38-20-8-6-7-19(31)13-20/h4-10,13-15,17-18H,11-12,16,31H2,1-3H3,(H,32,34,36)(H,33,35,37). The Morgan fingerprint density at radius 2 is 1.58 bits per heavy atom. The van der Waals surface area contributed by atoms with Gasteiger partial charge in [-0.15, -0.1) is 0 Å². The van der Waals surface area contributed by atoms with Gasteiger partial charge in [-0.05, 0) is 49.3 Å². The molecule has 0 aromatic heterocycles. The predicted molar refractivity (Wildman–Crippen MR) is 142 cm³/mol. The van der Waals surface area contributed by atoms with Gasteiger partial charge in [-0.2, -0.15) is 0 Å². The van der Waals surface area contributed by atoms with Gasteiger partial charge in [0.15, 0.2) is 0 Å². The van der Waals surface area contributed by atoms with Crippen LogP contribution in [0.5, 0.6) is 11.5 Å². The number of benzene rings is 2. The molecule has 0 saturated heterocycles. The molecule has 4 amide bonds. The van der Waals surface area contributed by atoms with Gasteiger partial charge in [0.2, 0.25) is 0 Å². The molecular weight excluding hydrogens is 482 g/mol. The molecule has 8 heteroatoms. The Balaban J connectivity index is 1.81. The smallest absolute Gasteiger partial charge is 0.255 e. The minimum Gasteiger partial charge on any atom is -0.457 e. The van der Waals surface area contributed by atoms with Gasteiger partial charge in [0, 0.05) is 51.4 Å². The third-order valence-electron chi connectivity index (χ3n) is 8.47. The minimum atomic E-state index is -1.15. The molecule has 1 aliphatic carbocycles. The van der Waals surface area contributed by atoms with Crippen LogP contribution in [0.1, 0.15) is 45.6 Å². The average molecular weight is 514 g/mol. The number of rotatable bonds is 6. The fourth-order valence-corrected chi connectivity index (χ4v) is 6.47. The highest BCUT2D eigenvalue weighted by Gasteiger charge is 2.62. The van der Waals surface area contributed by atoms with Crippen LogP contribution in [-0.4, -0.2) is 23.6 Å². The van der Waals surface area contributed by atoms with Gasteiger partial charge < -0.3 is 10.5 Å². The van der Waals surface area contributed by atoms with Gasteiger partial charge in [0.05, 0.1) is 0 Å². The molecule has 1 fully saturated rings. The van der Waals surface area contributed by atoms with Crippen LogP contribution < -0.4 is 21.1 Å². The molecule has 38 heavy (non-hydrogen) atoms. The predicted octanol–water partition coefficient (Wildman–Crippen LogP) is 3.93. The quantitative estimate of drug-likeness (QED) is 0.397. The van der Waals surface area contributed by atoms with Gasteiger partial charge in [-0.3, -0.25) is 29.8 Å². The summed E-state index contributed by atoms with van der Waals surface area (Å²) in [6.07, 6.45) is 4.46. The van der Waals surface area contributed by atoms with Crippen molar-refractivity contribution >= 4 is 29.3 Å². The molecular formula is C30H31N3O5. The number of carbonyl (C=O) groups is 4. The summed E-state index contributed by atoms with van der Waals surface area (Å²) in [7, 11) is 0. The molecule has 5 rings (SSSR count). The Hall–Kier alpha value is -4.20. The maximum atomic E-state index is 13.5. The summed E-state index contributed by atoms with van der Waals surface area (Å²) in [5.41, 5.74) is 5.61. The number of nitrogens with one attached hydrogen (secondary N) is 2. The number of carbonyl (C=O) groups excluding carboxylic acids is 4. The number of hydrogen-bond acceptors (Lipinski definition) is 6. The maximum absolute atomic E-state index is 13.5. The lowest BCUT2D eigenvalue weighted by Crippen LogP contribution is -2.54. The van der Waals surface area contributed by atoms with Crippen molar-refractivity contribution in [2.24, 2.45) is 17.3 Å². The van der Waals surface area contributed by atoms with Crippen LogP contribution in [0, 0.1) is 17.3 Å². The lowest BCUT2D eigenvalue weighted by Gasteiger charge is -2.56. The van der Waals surface area contributed by atoms with Gasteiger partial charge in [0.1, 0.15) is 11.5 Å². The number of amides is 4. The first-order chi connectivity index (χ1) is 18.0. The molecule has 0 bridgehead atoms. The van der Waals surface area contributed by atoms with Crippen molar-refractivity contribution < 1.29 is 23.9 Å². The minimum absolute atomic E-state index is 0.175. The number of ether oxygens (including phenoxy) is 1. The summed E-state index contributed by atoms with van der Waals surface area (Å²) in [5.74, 6) is -0.543. The van der Waals surface area contributed by atoms with Crippen LogP contribution in [0.4, 0.5) is 5.69 Å². The third-order valence-corrected chi connectivity index (χ3v) is 8.47. The Labute approximate surface area is 221 Å². The Bertz CT molecular complexity index is 1420. The van der Waals surface area contributed by atoms with Crippen molar-refractivity contribution in [1.82, 2.24) is 10.6 Å². The van der Waals surface area contributed by atoms with Crippen LogP contribution in [-0.2, 0) is 24.6 Å². The van der Waals surface area contributed by atoms with Gasteiger partial charge >= 0.3 is 0 Å². The number of para-hydroxylation sites is 1. The van der Waals surface area contributed by atoms with Crippen molar-refractivity contribution in [2.45, 2.75) is 45.4 Å². The topological polar surface area (TPSA) is 128 Å². The fourth-order valence-electron chi connectivity index (χ4n) is 6.47. The summed E-state index contributed by atoms with van der Waals surface area (Å²) in [6, 6.07) is 14.4. The third kappa shape index (κ3) is 4.00. The van der Waals surface area contributed by atoms with E-state index in [9.17, 15) is 19.2 Å². The van der Waals surface area contributed by atoms with Crippen molar-refractivity contribution in [1.29, 1.82) is 0 Å². The highest BCUT2D eigenvalue weighted by molar-refractivity contribution is 6.19. The highest BCUT2D eigenvalue weighted by Crippen LogP contribution is 2.64. The van der Waals surface area contributed by atoms with E-state index in [4.69, 9.17) is 10.5 Å². The van der Waals surface area contributed by atoms with E-state index in [2.05, 4.69) is 24.5 Å². The van der Waals surface area contributed by atoms with Crippen LogP contribution in [0.15, 0.2) is 71.8 Å². The Morgan fingerprint density at radius 3 is 2.18 bits per heavy atom. The fraction of sp³-hybridized carbons (Fsp3) is 0.333. The molecule has 3 unspecified atom stereocenters. The number of anilines is 1. The summed E-state index contributed by atoms with van der Waals surface area (Å²) < 4.78 is 6.38. The molecule has 1 saturated carbocycles. The van der Waals surface area contributed by atoms with E-state index in [1.54, 1.807) is 24.3 Å². The van der Waals surface area contributed by atoms with Crippen LogP contribution in [0.3, 0.4) is 0 Å². The molecule has 196 valence electrons. The molecule has 0 spiro atoms. The first-order valence-corrected chi connectivity index (χ1v) is 12.8.